The first kappa shape index (κ1) is 9.96. The fraction of sp³-hybridized carbons (Fsp3) is 1.00. The van der Waals surface area contributed by atoms with Crippen LogP contribution in [0.25, 0.3) is 0 Å². The molecule has 0 radical (unpaired) electrons. The van der Waals surface area contributed by atoms with Crippen LogP contribution in [0.1, 0.15) is 13.8 Å². The summed E-state index contributed by atoms with van der Waals surface area (Å²) in [5, 5.41) is 3.33. The Morgan fingerprint density at radius 1 is 1.33 bits per heavy atom. The van der Waals surface area contributed by atoms with Crippen molar-refractivity contribution in [3.63, 3.8) is 0 Å². The van der Waals surface area contributed by atoms with Gasteiger partial charge in [0.05, 0.1) is 12.7 Å². The van der Waals surface area contributed by atoms with Crippen molar-refractivity contribution in [2.75, 3.05) is 33.3 Å². The zero-order valence-electron chi connectivity index (χ0n) is 8.34. The van der Waals surface area contributed by atoms with E-state index in [4.69, 9.17) is 4.74 Å². The normalized spacial score (nSPS) is 35.2. The van der Waals surface area contributed by atoms with Crippen LogP contribution in [0.2, 0.25) is 0 Å². The Morgan fingerprint density at radius 3 is 2.75 bits per heavy atom. The lowest BCUT2D eigenvalue weighted by Crippen LogP contribution is -2.48. The Hall–Kier alpha value is -0.120. The third kappa shape index (κ3) is 1.97. The average molecular weight is 172 g/mol. The molecular weight excluding hydrogens is 152 g/mol. The number of hydrogen-bond acceptors (Lipinski definition) is 3. The van der Waals surface area contributed by atoms with Crippen molar-refractivity contribution in [2.24, 2.45) is 0 Å². The van der Waals surface area contributed by atoms with Gasteiger partial charge in [0.1, 0.15) is 0 Å². The van der Waals surface area contributed by atoms with Gasteiger partial charge in [-0.3, -0.25) is 4.90 Å². The summed E-state index contributed by atoms with van der Waals surface area (Å²) in [5.41, 5.74) is 0. The molecule has 2 heterocycles. The predicted octanol–water partition coefficient (Wildman–Crippen LogP) is 0.315. The summed E-state index contributed by atoms with van der Waals surface area (Å²) in [6.07, 6.45) is 0.457. The van der Waals surface area contributed by atoms with E-state index in [-0.39, 0.29) is 0 Å². The highest BCUT2D eigenvalue weighted by Gasteiger charge is 2.33. The number of nitrogens with one attached hydrogen (secondary N) is 1. The molecule has 3 heteroatoms. The first-order valence-corrected chi connectivity index (χ1v) is 4.90. The van der Waals surface area contributed by atoms with E-state index in [2.05, 4.69) is 17.3 Å². The van der Waals surface area contributed by atoms with Crippen LogP contribution in [0.4, 0.5) is 0 Å². The highest BCUT2D eigenvalue weighted by Crippen LogP contribution is 2.14. The zero-order valence-corrected chi connectivity index (χ0v) is 8.34. The number of ether oxygens (including phenoxy) is 1. The maximum Gasteiger partial charge on any atom is 0.0867 e. The molecule has 0 bridgehead atoms. The van der Waals surface area contributed by atoms with E-state index in [1.807, 2.05) is 13.8 Å². The number of morpholine rings is 1. The molecule has 1 N–H and O–H groups in total. The standard InChI is InChI=1S/C7H14N2O.C2H6/c1-9-2-3-10-7-5-8-4-6(7)9;1-2/h6-8H,2-5H2,1H3;1-2H3/t6-,7?;/m0./s1. The maximum atomic E-state index is 5.57. The van der Waals surface area contributed by atoms with Crippen LogP contribution in [0.15, 0.2) is 0 Å². The van der Waals surface area contributed by atoms with Gasteiger partial charge in [0, 0.05) is 25.7 Å². The van der Waals surface area contributed by atoms with Gasteiger partial charge in [-0.1, -0.05) is 13.8 Å². The van der Waals surface area contributed by atoms with Crippen LogP contribution in [0.3, 0.4) is 0 Å². The molecule has 0 spiro atoms. The van der Waals surface area contributed by atoms with Gasteiger partial charge in [-0.2, -0.15) is 0 Å². The van der Waals surface area contributed by atoms with E-state index in [0.29, 0.717) is 12.1 Å². The van der Waals surface area contributed by atoms with Gasteiger partial charge >= 0.3 is 0 Å². The fourth-order valence-electron chi connectivity index (χ4n) is 1.76. The average Bonchev–Trinajstić information content (AvgIpc) is 2.57. The van der Waals surface area contributed by atoms with E-state index in [1.54, 1.807) is 0 Å². The number of hydrogen-bond donors (Lipinski definition) is 1. The Labute approximate surface area is 75.1 Å². The first-order valence-electron chi connectivity index (χ1n) is 4.90. The molecule has 0 aromatic rings. The summed E-state index contributed by atoms with van der Waals surface area (Å²) in [7, 11) is 2.17. The van der Waals surface area contributed by atoms with Crippen molar-refractivity contribution < 1.29 is 4.74 Å². The molecule has 2 aliphatic heterocycles. The highest BCUT2D eigenvalue weighted by molar-refractivity contribution is 4.90. The second kappa shape index (κ2) is 4.80. The van der Waals surface area contributed by atoms with Crippen molar-refractivity contribution >= 4 is 0 Å². The topological polar surface area (TPSA) is 24.5 Å². The Kier molecular flexibility index (Phi) is 3.98. The molecule has 3 nitrogen and oxygen atoms in total. The molecule has 12 heavy (non-hydrogen) atoms. The Balaban J connectivity index is 0.000000336. The molecule has 2 aliphatic rings. The monoisotopic (exact) mass is 172 g/mol. The molecule has 2 rings (SSSR count). The summed E-state index contributed by atoms with van der Waals surface area (Å²) >= 11 is 0. The van der Waals surface area contributed by atoms with Gasteiger partial charge in [-0.05, 0) is 7.05 Å². The van der Waals surface area contributed by atoms with Crippen molar-refractivity contribution in [1.29, 1.82) is 0 Å². The molecule has 2 fully saturated rings. The van der Waals surface area contributed by atoms with E-state index >= 15 is 0 Å². The fourth-order valence-corrected chi connectivity index (χ4v) is 1.76. The van der Waals surface area contributed by atoms with Gasteiger partial charge < -0.3 is 10.1 Å². The third-order valence-electron chi connectivity index (χ3n) is 2.47. The van der Waals surface area contributed by atoms with Gasteiger partial charge in [0.25, 0.3) is 0 Å². The largest absolute Gasteiger partial charge is 0.374 e. The second-order valence-electron chi connectivity index (χ2n) is 3.12. The van der Waals surface area contributed by atoms with Crippen molar-refractivity contribution in [2.45, 2.75) is 26.0 Å². The highest BCUT2D eigenvalue weighted by atomic mass is 16.5. The molecule has 0 aromatic carbocycles. The first-order chi connectivity index (χ1) is 5.88. The van der Waals surface area contributed by atoms with Crippen LogP contribution < -0.4 is 5.32 Å². The number of likely N-dealkylation sites (N-methyl/N-ethyl adjacent to an activating group) is 1. The van der Waals surface area contributed by atoms with Crippen LogP contribution in [0, 0.1) is 0 Å². The minimum Gasteiger partial charge on any atom is -0.374 e. The maximum absolute atomic E-state index is 5.57. The van der Waals surface area contributed by atoms with E-state index in [9.17, 15) is 0 Å². The third-order valence-corrected chi connectivity index (χ3v) is 2.47. The van der Waals surface area contributed by atoms with E-state index < -0.39 is 0 Å². The second-order valence-corrected chi connectivity index (χ2v) is 3.12. The minimum absolute atomic E-state index is 0.457. The molecular formula is C9H20N2O. The molecule has 0 aliphatic carbocycles. The van der Waals surface area contributed by atoms with Crippen LogP contribution >= 0.6 is 0 Å². The van der Waals surface area contributed by atoms with Crippen molar-refractivity contribution in [1.82, 2.24) is 10.2 Å². The molecule has 72 valence electrons. The molecule has 2 atom stereocenters. The molecule has 0 amide bonds. The Morgan fingerprint density at radius 2 is 2.08 bits per heavy atom. The Bertz CT molecular complexity index is 130. The van der Waals surface area contributed by atoms with Crippen molar-refractivity contribution in [3.8, 4) is 0 Å². The lowest BCUT2D eigenvalue weighted by atomic mass is 10.1. The van der Waals surface area contributed by atoms with E-state index in [1.165, 1.54) is 0 Å². The summed E-state index contributed by atoms with van der Waals surface area (Å²) in [6, 6.07) is 0.633. The summed E-state index contributed by atoms with van der Waals surface area (Å²) in [4.78, 5) is 2.38. The predicted molar refractivity (Wildman–Crippen MR) is 50.4 cm³/mol. The van der Waals surface area contributed by atoms with Crippen LogP contribution in [0.5, 0.6) is 0 Å². The summed E-state index contributed by atoms with van der Waals surface area (Å²) in [6.45, 7) is 8.12. The number of nitrogens with zero attached hydrogens (tertiary/aromatic N) is 1. The quantitative estimate of drug-likeness (QED) is 0.569. The molecule has 1 unspecified atom stereocenters. The van der Waals surface area contributed by atoms with Gasteiger partial charge in [-0.15, -0.1) is 0 Å². The zero-order chi connectivity index (χ0) is 8.97. The molecule has 2 saturated heterocycles. The molecule has 0 aromatic heterocycles. The summed E-state index contributed by atoms with van der Waals surface area (Å²) < 4.78 is 5.57. The smallest absolute Gasteiger partial charge is 0.0867 e. The van der Waals surface area contributed by atoms with Gasteiger partial charge in [-0.25, -0.2) is 0 Å². The van der Waals surface area contributed by atoms with Crippen LogP contribution in [-0.2, 0) is 4.74 Å². The van der Waals surface area contributed by atoms with Crippen molar-refractivity contribution in [3.05, 3.63) is 0 Å². The van der Waals surface area contributed by atoms with E-state index in [0.717, 1.165) is 26.2 Å². The van der Waals surface area contributed by atoms with Crippen LogP contribution in [-0.4, -0.2) is 50.3 Å². The van der Waals surface area contributed by atoms with Gasteiger partial charge in [0.15, 0.2) is 0 Å². The minimum atomic E-state index is 0.457. The summed E-state index contributed by atoms with van der Waals surface area (Å²) in [5.74, 6) is 0. The number of rotatable bonds is 0. The SMILES string of the molecule is CC.CN1CCOC2CNC[C@@H]21. The lowest BCUT2D eigenvalue weighted by molar-refractivity contribution is -0.0363. The lowest BCUT2D eigenvalue weighted by Gasteiger charge is -2.33. The number of fused-ring (bicyclic) bond motifs is 1. The molecule has 0 saturated carbocycles. The van der Waals surface area contributed by atoms with Gasteiger partial charge in [0.2, 0.25) is 0 Å².